The Morgan fingerprint density at radius 2 is 1.93 bits per heavy atom. The van der Waals surface area contributed by atoms with E-state index < -0.39 is 20.8 Å². The summed E-state index contributed by atoms with van der Waals surface area (Å²) in [6.45, 7) is 0.546. The quantitative estimate of drug-likeness (QED) is 0.670. The Kier molecular flexibility index (Phi) is 6.15. The van der Waals surface area contributed by atoms with Gasteiger partial charge in [-0.05, 0) is 42.0 Å². The molecule has 0 spiro atoms. The molecular formula is C22H24N2O4S2. The number of carbonyl (C=O) groups excluding carboxylic acids is 2. The van der Waals surface area contributed by atoms with Crippen molar-refractivity contribution in [3.8, 4) is 5.75 Å². The van der Waals surface area contributed by atoms with Gasteiger partial charge < -0.3 is 15.0 Å². The summed E-state index contributed by atoms with van der Waals surface area (Å²) >= 11 is 4.19. The maximum absolute atomic E-state index is 12.8. The van der Waals surface area contributed by atoms with E-state index in [0.717, 1.165) is 28.8 Å². The molecule has 2 heterocycles. The van der Waals surface area contributed by atoms with Crippen LogP contribution in [0, 0.1) is 0 Å². The molecule has 1 N–H and O–H groups in total. The number of methoxy groups -OCH3 is 1. The van der Waals surface area contributed by atoms with Gasteiger partial charge in [0, 0.05) is 13.0 Å². The van der Waals surface area contributed by atoms with E-state index in [0.29, 0.717) is 31.6 Å². The summed E-state index contributed by atoms with van der Waals surface area (Å²) < 4.78 is 17.4. The predicted octanol–water partition coefficient (Wildman–Crippen LogP) is 2.22. The number of nitrogens with zero attached hydrogens (tertiary/aromatic N) is 1. The van der Waals surface area contributed by atoms with Crippen LogP contribution in [0.4, 0.5) is 5.69 Å². The first-order chi connectivity index (χ1) is 14.5. The number of fused-ring (bicyclic) bond motifs is 1. The first kappa shape index (κ1) is 20.9. The summed E-state index contributed by atoms with van der Waals surface area (Å²) in [6, 6.07) is 13.8. The standard InChI is InChI=1S/C22H24N2O4S2/c1-28-17-9-7-15(13-18-21(26)23-22(29)30(18)27)16-8-10-19(25)24(20(16)17)12-11-14-5-3-2-4-6-14/h2-7,9,18,22,29H,8,10-13H2,1H3,(H,23,26). The number of ether oxygens (including phenoxy) is 1. The smallest absolute Gasteiger partial charge is 0.237 e. The van der Waals surface area contributed by atoms with E-state index in [-0.39, 0.29) is 11.8 Å². The van der Waals surface area contributed by atoms with Gasteiger partial charge in [-0.25, -0.2) is 0 Å². The molecule has 2 aromatic rings. The molecule has 2 aliphatic rings. The number of anilines is 1. The molecule has 3 unspecified atom stereocenters. The van der Waals surface area contributed by atoms with Gasteiger partial charge in [0.2, 0.25) is 11.8 Å². The minimum atomic E-state index is -1.40. The summed E-state index contributed by atoms with van der Waals surface area (Å²) in [7, 11) is 0.196. The molecule has 2 aromatic carbocycles. The van der Waals surface area contributed by atoms with Crippen LogP contribution in [0.2, 0.25) is 0 Å². The monoisotopic (exact) mass is 444 g/mol. The lowest BCUT2D eigenvalue weighted by molar-refractivity contribution is -0.120. The van der Waals surface area contributed by atoms with Crippen LogP contribution in [0.3, 0.4) is 0 Å². The van der Waals surface area contributed by atoms with Crippen molar-refractivity contribution in [2.75, 3.05) is 18.6 Å². The van der Waals surface area contributed by atoms with Gasteiger partial charge in [-0.1, -0.05) is 36.4 Å². The minimum Gasteiger partial charge on any atom is -0.495 e. The van der Waals surface area contributed by atoms with E-state index >= 15 is 0 Å². The highest BCUT2D eigenvalue weighted by molar-refractivity contribution is 8.02. The molecule has 0 aliphatic carbocycles. The van der Waals surface area contributed by atoms with Crippen LogP contribution in [-0.4, -0.2) is 39.6 Å². The molecule has 0 aromatic heterocycles. The van der Waals surface area contributed by atoms with E-state index in [2.05, 4.69) is 17.9 Å². The van der Waals surface area contributed by atoms with Crippen LogP contribution in [0.5, 0.6) is 5.75 Å². The Bertz CT molecular complexity index is 996. The molecular weight excluding hydrogens is 420 g/mol. The number of thiol groups is 1. The van der Waals surface area contributed by atoms with Crippen molar-refractivity contribution in [3.63, 3.8) is 0 Å². The topological polar surface area (TPSA) is 75.7 Å². The van der Waals surface area contributed by atoms with Gasteiger partial charge in [-0.2, -0.15) is 0 Å². The summed E-state index contributed by atoms with van der Waals surface area (Å²) in [5.41, 5.74) is 3.85. The lowest BCUT2D eigenvalue weighted by atomic mass is 9.92. The average Bonchev–Trinajstić information content (AvgIpc) is 2.99. The molecule has 8 heteroatoms. The zero-order chi connectivity index (χ0) is 21.3. The number of hydrogen-bond donors (Lipinski definition) is 2. The largest absolute Gasteiger partial charge is 0.495 e. The van der Waals surface area contributed by atoms with Crippen LogP contribution in [0.15, 0.2) is 42.5 Å². The fourth-order valence-corrected chi connectivity index (χ4v) is 5.84. The Labute approximate surface area is 183 Å². The van der Waals surface area contributed by atoms with Crippen molar-refractivity contribution < 1.29 is 18.5 Å². The SMILES string of the molecule is COc1ccc(CC2C(=O)NC(S)S2=O)c2c1N(CCc1ccccc1)C(=O)CC2. The van der Waals surface area contributed by atoms with E-state index in [1.807, 2.05) is 42.5 Å². The maximum atomic E-state index is 12.8. The molecule has 30 heavy (non-hydrogen) atoms. The Morgan fingerprint density at radius 3 is 2.60 bits per heavy atom. The lowest BCUT2D eigenvalue weighted by Gasteiger charge is -2.32. The molecule has 6 nitrogen and oxygen atoms in total. The van der Waals surface area contributed by atoms with Crippen LogP contribution in [-0.2, 0) is 39.7 Å². The van der Waals surface area contributed by atoms with Crippen LogP contribution >= 0.6 is 12.6 Å². The molecule has 2 aliphatic heterocycles. The van der Waals surface area contributed by atoms with Gasteiger partial charge in [0.1, 0.15) is 15.7 Å². The molecule has 0 radical (unpaired) electrons. The zero-order valence-electron chi connectivity index (χ0n) is 16.7. The van der Waals surface area contributed by atoms with E-state index in [1.165, 1.54) is 0 Å². The second kappa shape index (κ2) is 8.81. The third-order valence-corrected chi connectivity index (χ3v) is 7.91. The van der Waals surface area contributed by atoms with Gasteiger partial charge in [-0.3, -0.25) is 13.8 Å². The molecule has 3 atom stereocenters. The highest BCUT2D eigenvalue weighted by Crippen LogP contribution is 2.40. The fraction of sp³-hybridized carbons (Fsp3) is 0.364. The highest BCUT2D eigenvalue weighted by atomic mass is 32.2. The number of benzene rings is 2. The van der Waals surface area contributed by atoms with Crippen molar-refractivity contribution in [3.05, 3.63) is 59.2 Å². The van der Waals surface area contributed by atoms with E-state index in [9.17, 15) is 13.8 Å². The van der Waals surface area contributed by atoms with Crippen molar-refractivity contribution in [1.82, 2.24) is 5.32 Å². The summed E-state index contributed by atoms with van der Waals surface area (Å²) in [5.74, 6) is 0.455. The second-order valence-electron chi connectivity index (χ2n) is 7.42. The molecule has 1 saturated heterocycles. The highest BCUT2D eigenvalue weighted by Gasteiger charge is 2.39. The van der Waals surface area contributed by atoms with Crippen molar-refractivity contribution in [1.29, 1.82) is 0 Å². The predicted molar refractivity (Wildman–Crippen MR) is 120 cm³/mol. The molecule has 2 amide bonds. The zero-order valence-corrected chi connectivity index (χ0v) is 18.4. The van der Waals surface area contributed by atoms with Crippen LogP contribution < -0.4 is 15.0 Å². The van der Waals surface area contributed by atoms with Gasteiger partial charge in [-0.15, -0.1) is 12.6 Å². The minimum absolute atomic E-state index is 0.0616. The number of carbonyl (C=O) groups is 2. The molecule has 4 rings (SSSR count). The molecule has 158 valence electrons. The van der Waals surface area contributed by atoms with Gasteiger partial charge in [0.25, 0.3) is 0 Å². The number of amides is 2. The van der Waals surface area contributed by atoms with Crippen molar-refractivity contribution >= 4 is 40.9 Å². The first-order valence-corrected chi connectivity index (χ1v) is 11.7. The average molecular weight is 445 g/mol. The summed E-state index contributed by atoms with van der Waals surface area (Å²) in [5, 5.41) is 1.99. The van der Waals surface area contributed by atoms with E-state index in [1.54, 1.807) is 12.0 Å². The van der Waals surface area contributed by atoms with Crippen molar-refractivity contribution in [2.45, 2.75) is 35.6 Å². The molecule has 0 saturated carbocycles. The molecule has 0 bridgehead atoms. The Balaban J connectivity index is 1.66. The van der Waals surface area contributed by atoms with Gasteiger partial charge in [0.15, 0.2) is 0 Å². The van der Waals surface area contributed by atoms with Crippen LogP contribution in [0.1, 0.15) is 23.1 Å². The van der Waals surface area contributed by atoms with Crippen LogP contribution in [0.25, 0.3) is 0 Å². The van der Waals surface area contributed by atoms with Gasteiger partial charge in [0.05, 0.1) is 23.6 Å². The maximum Gasteiger partial charge on any atom is 0.237 e. The molecule has 1 fully saturated rings. The summed E-state index contributed by atoms with van der Waals surface area (Å²) in [4.78, 5) is 26.8. The normalized spacial score (nSPS) is 23.3. The fourth-order valence-electron chi connectivity index (χ4n) is 4.11. The van der Waals surface area contributed by atoms with Crippen molar-refractivity contribution in [2.24, 2.45) is 0 Å². The van der Waals surface area contributed by atoms with Gasteiger partial charge >= 0.3 is 0 Å². The third-order valence-electron chi connectivity index (χ3n) is 5.65. The Morgan fingerprint density at radius 1 is 1.17 bits per heavy atom. The second-order valence-corrected chi connectivity index (χ2v) is 9.98. The summed E-state index contributed by atoms with van der Waals surface area (Å²) in [6.07, 6.45) is 2.06. The van der Waals surface area contributed by atoms with E-state index in [4.69, 9.17) is 4.74 Å². The number of rotatable bonds is 6. The third kappa shape index (κ3) is 3.98. The first-order valence-electron chi connectivity index (χ1n) is 9.90. The number of nitrogens with one attached hydrogen (secondary N) is 1. The lowest BCUT2D eigenvalue weighted by Crippen LogP contribution is -2.37. The Hall–Kier alpha value is -2.32. The number of hydrogen-bond acceptors (Lipinski definition) is 5.